The first kappa shape index (κ1) is 22.7. The second-order valence-electron chi connectivity index (χ2n) is 6.23. The van der Waals surface area contributed by atoms with Crippen LogP contribution in [0.4, 0.5) is 0 Å². The number of rotatable bonds is 7. The number of oxazole rings is 1. The van der Waals surface area contributed by atoms with Crippen LogP contribution in [-0.4, -0.2) is 29.6 Å². The minimum atomic E-state index is 0. The van der Waals surface area contributed by atoms with Gasteiger partial charge >= 0.3 is 0 Å². The zero-order valence-corrected chi connectivity index (χ0v) is 19.1. The van der Waals surface area contributed by atoms with Crippen LogP contribution in [0, 0.1) is 6.92 Å². The fourth-order valence-electron chi connectivity index (χ4n) is 2.63. The number of hydrogen-bond donors (Lipinski definition) is 2. The minimum Gasteiger partial charge on any atom is -0.481 e. The summed E-state index contributed by atoms with van der Waals surface area (Å²) in [6, 6.07) is 11.9. The third-order valence-electron chi connectivity index (χ3n) is 4.08. The van der Waals surface area contributed by atoms with E-state index in [9.17, 15) is 0 Å². The fraction of sp³-hybridized carbons (Fsp3) is 0.286. The van der Waals surface area contributed by atoms with Crippen LogP contribution < -0.4 is 15.4 Å². The molecule has 1 aromatic carbocycles. The van der Waals surface area contributed by atoms with Crippen LogP contribution in [0.2, 0.25) is 0 Å². The van der Waals surface area contributed by atoms with E-state index in [0.29, 0.717) is 30.8 Å². The van der Waals surface area contributed by atoms with Crippen molar-refractivity contribution in [3.63, 3.8) is 0 Å². The van der Waals surface area contributed by atoms with Crippen LogP contribution in [0.1, 0.15) is 23.7 Å². The lowest BCUT2D eigenvalue weighted by Crippen LogP contribution is -2.36. The zero-order valence-electron chi connectivity index (χ0n) is 16.8. The normalized spacial score (nSPS) is 10.9. The van der Waals surface area contributed by atoms with Crippen molar-refractivity contribution in [2.75, 3.05) is 13.7 Å². The molecule has 0 amide bonds. The third kappa shape index (κ3) is 6.45. The van der Waals surface area contributed by atoms with Gasteiger partial charge in [0, 0.05) is 23.9 Å². The zero-order chi connectivity index (χ0) is 19.8. The van der Waals surface area contributed by atoms with Crippen molar-refractivity contribution in [2.24, 2.45) is 4.99 Å². The molecule has 0 spiro atoms. The van der Waals surface area contributed by atoms with Crippen molar-refractivity contribution < 1.29 is 9.15 Å². The summed E-state index contributed by atoms with van der Waals surface area (Å²) in [6.07, 6.45) is 3.36. The average Bonchev–Trinajstić information content (AvgIpc) is 3.20. The molecule has 0 atom stereocenters. The predicted octanol–water partition coefficient (Wildman–Crippen LogP) is 3.93. The van der Waals surface area contributed by atoms with Gasteiger partial charge in [-0.15, -0.1) is 24.0 Å². The lowest BCUT2D eigenvalue weighted by Gasteiger charge is -2.10. The van der Waals surface area contributed by atoms with Gasteiger partial charge in [0.25, 0.3) is 0 Å². The smallest absolute Gasteiger partial charge is 0.226 e. The summed E-state index contributed by atoms with van der Waals surface area (Å²) in [5.41, 5.74) is 3.89. The van der Waals surface area contributed by atoms with Gasteiger partial charge in [-0.3, -0.25) is 0 Å². The van der Waals surface area contributed by atoms with Gasteiger partial charge in [-0.2, -0.15) is 0 Å². The number of ether oxygens (including phenoxy) is 1. The molecule has 0 aliphatic rings. The number of nitrogens with one attached hydrogen (secondary N) is 2. The maximum atomic E-state index is 5.61. The molecule has 2 heterocycles. The topological polar surface area (TPSA) is 84.6 Å². The molecule has 7 nitrogen and oxygen atoms in total. The number of aryl methyl sites for hydroxylation is 1. The van der Waals surface area contributed by atoms with Crippen LogP contribution >= 0.6 is 24.0 Å². The molecule has 2 aromatic heterocycles. The molecule has 0 unspecified atom stereocenters. The molecule has 0 aliphatic heterocycles. The van der Waals surface area contributed by atoms with Crippen LogP contribution in [0.25, 0.3) is 11.5 Å². The van der Waals surface area contributed by atoms with Gasteiger partial charge in [0.05, 0.1) is 25.9 Å². The molecule has 3 rings (SSSR count). The molecule has 0 aliphatic carbocycles. The molecule has 0 fully saturated rings. The number of guanidine groups is 1. The van der Waals surface area contributed by atoms with Crippen molar-refractivity contribution in [1.82, 2.24) is 20.6 Å². The summed E-state index contributed by atoms with van der Waals surface area (Å²) in [5.74, 6) is 1.88. The van der Waals surface area contributed by atoms with E-state index < -0.39 is 0 Å². The number of halogens is 1. The molecule has 0 saturated carbocycles. The van der Waals surface area contributed by atoms with Crippen LogP contribution in [0.15, 0.2) is 58.3 Å². The van der Waals surface area contributed by atoms with Crippen molar-refractivity contribution >= 4 is 29.9 Å². The lowest BCUT2D eigenvalue weighted by molar-refractivity contribution is 0.392. The Morgan fingerprint density at radius 2 is 1.97 bits per heavy atom. The Labute approximate surface area is 188 Å². The van der Waals surface area contributed by atoms with E-state index in [4.69, 9.17) is 9.15 Å². The molecule has 29 heavy (non-hydrogen) atoms. The van der Waals surface area contributed by atoms with Gasteiger partial charge in [-0.1, -0.05) is 23.8 Å². The Hall–Kier alpha value is -2.62. The number of pyridine rings is 1. The second kappa shape index (κ2) is 11.4. The number of methoxy groups -OCH3 is 1. The van der Waals surface area contributed by atoms with Gasteiger partial charge < -0.3 is 19.8 Å². The first-order valence-electron chi connectivity index (χ1n) is 9.21. The van der Waals surface area contributed by atoms with Gasteiger partial charge in [0.1, 0.15) is 6.26 Å². The first-order chi connectivity index (χ1) is 13.7. The molecule has 0 radical (unpaired) electrons. The average molecular weight is 507 g/mol. The molecule has 154 valence electrons. The van der Waals surface area contributed by atoms with Crippen molar-refractivity contribution in [3.8, 4) is 17.3 Å². The van der Waals surface area contributed by atoms with Crippen LogP contribution in [-0.2, 0) is 13.1 Å². The summed E-state index contributed by atoms with van der Waals surface area (Å²) in [4.78, 5) is 13.3. The SMILES string of the molecule is CCNC(=NCc1cccnc1OC)NCc1coc(-c2ccc(C)cc2)n1.I. The summed E-state index contributed by atoms with van der Waals surface area (Å²) in [6.45, 7) is 5.79. The van der Waals surface area contributed by atoms with E-state index in [0.717, 1.165) is 23.4 Å². The van der Waals surface area contributed by atoms with Crippen molar-refractivity contribution in [2.45, 2.75) is 26.9 Å². The largest absolute Gasteiger partial charge is 0.481 e. The first-order valence-corrected chi connectivity index (χ1v) is 9.21. The number of aromatic nitrogens is 2. The predicted molar refractivity (Wildman–Crippen MR) is 125 cm³/mol. The minimum absolute atomic E-state index is 0. The van der Waals surface area contributed by atoms with E-state index >= 15 is 0 Å². The Morgan fingerprint density at radius 3 is 2.69 bits per heavy atom. The van der Waals surface area contributed by atoms with Gasteiger partial charge in [-0.05, 0) is 32.0 Å². The fourth-order valence-corrected chi connectivity index (χ4v) is 2.63. The number of aliphatic imine (C=N–C) groups is 1. The molecule has 8 heteroatoms. The van der Waals surface area contributed by atoms with E-state index in [1.54, 1.807) is 19.6 Å². The van der Waals surface area contributed by atoms with Crippen molar-refractivity contribution in [1.29, 1.82) is 0 Å². The van der Waals surface area contributed by atoms with Gasteiger partial charge in [0.2, 0.25) is 11.8 Å². The Bertz CT molecular complexity index is 925. The molecular weight excluding hydrogens is 481 g/mol. The summed E-state index contributed by atoms with van der Waals surface area (Å²) < 4.78 is 10.9. The Balaban J connectivity index is 0.00000300. The molecule has 0 bridgehead atoms. The van der Waals surface area contributed by atoms with Gasteiger partial charge in [0.15, 0.2) is 5.96 Å². The maximum Gasteiger partial charge on any atom is 0.226 e. The summed E-state index contributed by atoms with van der Waals surface area (Å²) in [5, 5.41) is 6.50. The van der Waals surface area contributed by atoms with Crippen molar-refractivity contribution in [3.05, 3.63) is 65.7 Å². The highest BCUT2D eigenvalue weighted by Crippen LogP contribution is 2.19. The highest BCUT2D eigenvalue weighted by Gasteiger charge is 2.08. The molecule has 2 N–H and O–H groups in total. The van der Waals surface area contributed by atoms with E-state index in [1.165, 1.54) is 5.56 Å². The highest BCUT2D eigenvalue weighted by molar-refractivity contribution is 14.0. The Kier molecular flexibility index (Phi) is 8.91. The Morgan fingerprint density at radius 1 is 1.17 bits per heavy atom. The summed E-state index contributed by atoms with van der Waals surface area (Å²) >= 11 is 0. The van der Waals surface area contributed by atoms with Gasteiger partial charge in [-0.25, -0.2) is 15.0 Å². The third-order valence-corrected chi connectivity index (χ3v) is 4.08. The maximum absolute atomic E-state index is 5.61. The van der Waals surface area contributed by atoms with Crippen LogP contribution in [0.5, 0.6) is 5.88 Å². The number of benzene rings is 1. The number of nitrogens with zero attached hydrogens (tertiary/aromatic N) is 3. The number of hydrogen-bond acceptors (Lipinski definition) is 5. The lowest BCUT2D eigenvalue weighted by atomic mass is 10.1. The quantitative estimate of drug-likeness (QED) is 0.287. The monoisotopic (exact) mass is 507 g/mol. The van der Waals surface area contributed by atoms with E-state index in [-0.39, 0.29) is 24.0 Å². The molecule has 0 saturated heterocycles. The van der Waals surface area contributed by atoms with E-state index in [1.807, 2.05) is 43.3 Å². The highest BCUT2D eigenvalue weighted by atomic mass is 127. The molecular formula is C21H26IN5O2. The standard InChI is InChI=1S/C21H25N5O2.HI/c1-4-22-21(24-12-17-6-5-11-23-19(17)27-3)25-13-18-14-28-20(26-18)16-9-7-15(2)8-10-16;/h5-11,14H,4,12-13H2,1-3H3,(H2,22,24,25);1H. The second-order valence-corrected chi connectivity index (χ2v) is 6.23. The summed E-state index contributed by atoms with van der Waals surface area (Å²) in [7, 11) is 1.61. The van der Waals surface area contributed by atoms with E-state index in [2.05, 4.69) is 32.5 Å². The molecule has 3 aromatic rings. The van der Waals surface area contributed by atoms with Crippen LogP contribution in [0.3, 0.4) is 0 Å².